The highest BCUT2D eigenvalue weighted by Crippen LogP contribution is 2.20. The monoisotopic (exact) mass is 272 g/mol. The van der Waals surface area contributed by atoms with Gasteiger partial charge in [0.05, 0.1) is 23.1 Å². The van der Waals surface area contributed by atoms with Crippen molar-refractivity contribution in [3.8, 4) is 0 Å². The zero-order valence-corrected chi connectivity index (χ0v) is 11.1. The molecular formula is C14H12N2O2S. The molecule has 1 N–H and O–H groups in total. The van der Waals surface area contributed by atoms with Gasteiger partial charge in [0.15, 0.2) is 0 Å². The van der Waals surface area contributed by atoms with Gasteiger partial charge in [-0.3, -0.25) is 0 Å². The molecule has 0 saturated heterocycles. The summed E-state index contributed by atoms with van der Waals surface area (Å²) in [6.45, 7) is 2.65. The standard InChI is InChI=1S/C14H12N2O2S/c1-9-15-12-3-2-11(14(17)18)6-13(12)16(9)7-10-4-5-19-8-10/h2-6,8H,7H2,1H3,(H,17,18). The van der Waals surface area contributed by atoms with Crippen LogP contribution in [0.15, 0.2) is 35.0 Å². The summed E-state index contributed by atoms with van der Waals surface area (Å²) < 4.78 is 2.05. The van der Waals surface area contributed by atoms with Gasteiger partial charge in [-0.1, -0.05) is 0 Å². The number of aryl methyl sites for hydroxylation is 1. The average Bonchev–Trinajstić information content (AvgIpc) is 2.98. The molecule has 0 unspecified atom stereocenters. The highest BCUT2D eigenvalue weighted by Gasteiger charge is 2.11. The van der Waals surface area contributed by atoms with E-state index in [-0.39, 0.29) is 0 Å². The molecule has 5 heteroatoms. The lowest BCUT2D eigenvalue weighted by Gasteiger charge is -2.05. The number of imidazole rings is 1. The Morgan fingerprint density at radius 3 is 2.95 bits per heavy atom. The Hall–Kier alpha value is -2.14. The minimum Gasteiger partial charge on any atom is -0.478 e. The van der Waals surface area contributed by atoms with E-state index in [1.54, 1.807) is 29.5 Å². The van der Waals surface area contributed by atoms with Crippen molar-refractivity contribution in [1.82, 2.24) is 9.55 Å². The number of aromatic carboxylic acids is 1. The van der Waals surface area contributed by atoms with Crippen molar-refractivity contribution < 1.29 is 9.90 Å². The van der Waals surface area contributed by atoms with E-state index in [9.17, 15) is 4.79 Å². The number of thiophene rings is 1. The maximum Gasteiger partial charge on any atom is 0.335 e. The van der Waals surface area contributed by atoms with Crippen molar-refractivity contribution in [3.63, 3.8) is 0 Å². The minimum atomic E-state index is -0.914. The van der Waals surface area contributed by atoms with Crippen molar-refractivity contribution in [2.24, 2.45) is 0 Å². The first kappa shape index (κ1) is 11.9. The highest BCUT2D eigenvalue weighted by atomic mass is 32.1. The maximum atomic E-state index is 11.1. The number of nitrogens with zero attached hydrogens (tertiary/aromatic N) is 2. The molecule has 0 aliphatic carbocycles. The molecule has 2 heterocycles. The van der Waals surface area contributed by atoms with Gasteiger partial charge in [-0.2, -0.15) is 11.3 Å². The Morgan fingerprint density at radius 1 is 1.42 bits per heavy atom. The molecule has 19 heavy (non-hydrogen) atoms. The quantitative estimate of drug-likeness (QED) is 0.796. The topological polar surface area (TPSA) is 55.1 Å². The zero-order valence-electron chi connectivity index (χ0n) is 10.3. The fourth-order valence-electron chi connectivity index (χ4n) is 2.14. The van der Waals surface area contributed by atoms with Crippen LogP contribution in [0.25, 0.3) is 11.0 Å². The summed E-state index contributed by atoms with van der Waals surface area (Å²) in [6, 6.07) is 7.10. The molecule has 0 amide bonds. The molecule has 1 aromatic carbocycles. The van der Waals surface area contributed by atoms with Crippen LogP contribution in [-0.2, 0) is 6.54 Å². The van der Waals surface area contributed by atoms with Gasteiger partial charge >= 0.3 is 5.97 Å². The Bertz CT molecular complexity index is 744. The number of hydrogen-bond donors (Lipinski definition) is 1. The number of carbonyl (C=O) groups is 1. The van der Waals surface area contributed by atoms with Gasteiger partial charge < -0.3 is 9.67 Å². The molecule has 0 fully saturated rings. The fraction of sp³-hybridized carbons (Fsp3) is 0.143. The van der Waals surface area contributed by atoms with Crippen LogP contribution in [-0.4, -0.2) is 20.6 Å². The predicted octanol–water partition coefficient (Wildman–Crippen LogP) is 3.15. The van der Waals surface area contributed by atoms with Gasteiger partial charge in [0, 0.05) is 0 Å². The van der Waals surface area contributed by atoms with Crippen molar-refractivity contribution >= 4 is 28.3 Å². The van der Waals surface area contributed by atoms with E-state index >= 15 is 0 Å². The van der Waals surface area contributed by atoms with Crippen LogP contribution in [0.1, 0.15) is 21.7 Å². The van der Waals surface area contributed by atoms with Gasteiger partial charge in [-0.15, -0.1) is 0 Å². The first-order valence-electron chi connectivity index (χ1n) is 5.86. The first-order chi connectivity index (χ1) is 9.15. The van der Waals surface area contributed by atoms with Crippen molar-refractivity contribution in [3.05, 3.63) is 52.0 Å². The van der Waals surface area contributed by atoms with Gasteiger partial charge in [0.1, 0.15) is 5.82 Å². The van der Waals surface area contributed by atoms with E-state index in [0.29, 0.717) is 5.56 Å². The van der Waals surface area contributed by atoms with E-state index in [4.69, 9.17) is 5.11 Å². The second-order valence-corrected chi connectivity index (χ2v) is 5.17. The number of fused-ring (bicyclic) bond motifs is 1. The molecule has 0 aliphatic rings. The smallest absolute Gasteiger partial charge is 0.335 e. The molecule has 96 valence electrons. The summed E-state index contributed by atoms with van der Waals surface area (Å²) in [6.07, 6.45) is 0. The molecule has 0 spiro atoms. The summed E-state index contributed by atoms with van der Waals surface area (Å²) in [5, 5.41) is 13.2. The fourth-order valence-corrected chi connectivity index (χ4v) is 2.80. The second kappa shape index (κ2) is 4.51. The zero-order chi connectivity index (χ0) is 13.4. The molecular weight excluding hydrogens is 260 g/mol. The largest absolute Gasteiger partial charge is 0.478 e. The average molecular weight is 272 g/mol. The number of hydrogen-bond acceptors (Lipinski definition) is 3. The van der Waals surface area contributed by atoms with E-state index in [2.05, 4.69) is 16.4 Å². The maximum absolute atomic E-state index is 11.1. The van der Waals surface area contributed by atoms with E-state index in [0.717, 1.165) is 23.4 Å². The Morgan fingerprint density at radius 2 is 2.26 bits per heavy atom. The summed E-state index contributed by atoms with van der Waals surface area (Å²) in [5.41, 5.74) is 3.19. The molecule has 3 aromatic rings. The summed E-state index contributed by atoms with van der Waals surface area (Å²) in [5.74, 6) is -0.0217. The molecule has 3 rings (SSSR count). The number of rotatable bonds is 3. The lowest BCUT2D eigenvalue weighted by molar-refractivity contribution is 0.0697. The third-order valence-electron chi connectivity index (χ3n) is 3.11. The highest BCUT2D eigenvalue weighted by molar-refractivity contribution is 7.07. The molecule has 2 aromatic heterocycles. The van der Waals surface area contributed by atoms with Crippen LogP contribution in [0, 0.1) is 6.92 Å². The number of carboxylic acid groups (broad SMARTS) is 1. The molecule has 0 aliphatic heterocycles. The van der Waals surface area contributed by atoms with Crippen LogP contribution in [0.2, 0.25) is 0 Å². The Kier molecular flexibility index (Phi) is 2.83. The van der Waals surface area contributed by atoms with E-state index in [1.165, 1.54) is 5.56 Å². The molecule has 0 bridgehead atoms. The van der Waals surface area contributed by atoms with Gasteiger partial charge in [-0.25, -0.2) is 9.78 Å². The molecule has 0 atom stereocenters. The van der Waals surface area contributed by atoms with Crippen molar-refractivity contribution in [2.45, 2.75) is 13.5 Å². The lowest BCUT2D eigenvalue weighted by atomic mass is 10.2. The third-order valence-corrected chi connectivity index (χ3v) is 3.84. The van der Waals surface area contributed by atoms with Crippen LogP contribution in [0.4, 0.5) is 0 Å². The number of carboxylic acids is 1. The van der Waals surface area contributed by atoms with Crippen LogP contribution < -0.4 is 0 Å². The molecule has 4 nitrogen and oxygen atoms in total. The number of aromatic nitrogens is 2. The SMILES string of the molecule is Cc1nc2ccc(C(=O)O)cc2n1Cc1ccsc1. The van der Waals surface area contributed by atoms with Gasteiger partial charge in [0.25, 0.3) is 0 Å². The third kappa shape index (κ3) is 2.13. The summed E-state index contributed by atoms with van der Waals surface area (Å²) in [7, 11) is 0. The van der Waals surface area contributed by atoms with Crippen LogP contribution >= 0.6 is 11.3 Å². The van der Waals surface area contributed by atoms with E-state index in [1.807, 2.05) is 16.9 Å². The Balaban J connectivity index is 2.14. The summed E-state index contributed by atoms with van der Waals surface area (Å²) in [4.78, 5) is 15.5. The first-order valence-corrected chi connectivity index (χ1v) is 6.80. The minimum absolute atomic E-state index is 0.291. The van der Waals surface area contributed by atoms with E-state index < -0.39 is 5.97 Å². The number of benzene rings is 1. The normalized spacial score (nSPS) is 11.0. The van der Waals surface area contributed by atoms with Crippen molar-refractivity contribution in [1.29, 1.82) is 0 Å². The molecule has 0 saturated carbocycles. The van der Waals surface area contributed by atoms with Crippen molar-refractivity contribution in [2.75, 3.05) is 0 Å². The van der Waals surface area contributed by atoms with Gasteiger partial charge in [0.2, 0.25) is 0 Å². The summed E-state index contributed by atoms with van der Waals surface area (Å²) >= 11 is 1.65. The van der Waals surface area contributed by atoms with Crippen LogP contribution in [0.3, 0.4) is 0 Å². The lowest BCUT2D eigenvalue weighted by Crippen LogP contribution is -2.02. The van der Waals surface area contributed by atoms with Gasteiger partial charge in [-0.05, 0) is 47.5 Å². The van der Waals surface area contributed by atoms with Crippen LogP contribution in [0.5, 0.6) is 0 Å². The molecule has 0 radical (unpaired) electrons. The predicted molar refractivity (Wildman–Crippen MR) is 74.9 cm³/mol. The second-order valence-electron chi connectivity index (χ2n) is 4.39. The Labute approximate surface area is 113 Å².